The highest BCUT2D eigenvalue weighted by molar-refractivity contribution is 7.99. The molecule has 1 unspecified atom stereocenters. The summed E-state index contributed by atoms with van der Waals surface area (Å²) in [6, 6.07) is 2.84. The summed E-state index contributed by atoms with van der Waals surface area (Å²) in [7, 11) is 0. The molecular weight excluding hydrogens is 341 g/mol. The van der Waals surface area contributed by atoms with Crippen molar-refractivity contribution in [2.45, 2.75) is 30.5 Å². The zero-order valence-electron chi connectivity index (χ0n) is 11.4. The van der Waals surface area contributed by atoms with Gasteiger partial charge in [-0.25, -0.2) is 4.79 Å². The normalized spacial score (nSPS) is 17.5. The Labute approximate surface area is 134 Å². The number of hydrogen-bond acceptors (Lipinski definition) is 3. The van der Waals surface area contributed by atoms with Crippen molar-refractivity contribution in [3.63, 3.8) is 0 Å². The molecule has 0 amide bonds. The third-order valence-electron chi connectivity index (χ3n) is 2.91. The quantitative estimate of drug-likeness (QED) is 0.802. The van der Waals surface area contributed by atoms with Crippen LogP contribution in [0.1, 0.15) is 18.9 Å². The Morgan fingerprint density at radius 3 is 2.68 bits per heavy atom. The highest BCUT2D eigenvalue weighted by Gasteiger charge is 2.48. The number of carbonyl (C=O) groups is 1. The number of ether oxygens (including phenoxy) is 1. The largest absolute Gasteiger partial charge is 0.478 e. The predicted molar refractivity (Wildman–Crippen MR) is 78.6 cm³/mol. The first kappa shape index (κ1) is 17.0. The molecule has 1 aromatic carbocycles. The van der Waals surface area contributed by atoms with Crippen LogP contribution >= 0.6 is 23.4 Å². The van der Waals surface area contributed by atoms with Crippen LogP contribution in [0, 0.1) is 0 Å². The van der Waals surface area contributed by atoms with Crippen LogP contribution in [0.3, 0.4) is 0 Å². The van der Waals surface area contributed by atoms with Gasteiger partial charge < -0.3 is 9.84 Å². The molecule has 0 radical (unpaired) electrons. The van der Waals surface area contributed by atoms with Crippen LogP contribution in [0.5, 0.6) is 5.75 Å². The van der Waals surface area contributed by atoms with E-state index in [0.717, 1.165) is 18.2 Å². The van der Waals surface area contributed by atoms with Gasteiger partial charge in [-0.1, -0.05) is 18.5 Å². The number of hydrogen-bond donors (Lipinski definition) is 1. The predicted octanol–water partition coefficient (Wildman–Crippen LogP) is 4.63. The fraction of sp³-hybridized carbons (Fsp3) is 0.357. The van der Waals surface area contributed by atoms with Crippen molar-refractivity contribution < 1.29 is 27.8 Å². The lowest BCUT2D eigenvalue weighted by Crippen LogP contribution is -2.40. The lowest BCUT2D eigenvalue weighted by Gasteiger charge is -2.27. The van der Waals surface area contributed by atoms with Crippen LogP contribution in [0.4, 0.5) is 13.2 Å². The van der Waals surface area contributed by atoms with Gasteiger partial charge in [0.1, 0.15) is 5.75 Å². The standard InChI is InChI=1S/C14H12ClF3O3S/c1-2-3-22-11-6-10-7(5-9(11)15)4-8(13(19)20)12(21-10)14(16,17)18/h4-6,12H,2-3H2,1H3,(H,19,20). The molecule has 0 aliphatic carbocycles. The van der Waals surface area contributed by atoms with E-state index in [0.29, 0.717) is 9.92 Å². The Hall–Kier alpha value is -1.34. The SMILES string of the molecule is CCCSc1cc2c(cc1Cl)C=C(C(=O)O)C(C(F)(F)F)O2. The minimum absolute atomic E-state index is 0.0182. The number of thioether (sulfide) groups is 1. The van der Waals surface area contributed by atoms with Gasteiger partial charge >= 0.3 is 12.1 Å². The third-order valence-corrected chi connectivity index (χ3v) is 4.59. The van der Waals surface area contributed by atoms with Gasteiger partial charge in [0.05, 0.1) is 10.6 Å². The molecule has 0 saturated carbocycles. The Morgan fingerprint density at radius 2 is 2.14 bits per heavy atom. The fourth-order valence-corrected chi connectivity index (χ4v) is 3.09. The van der Waals surface area contributed by atoms with Crippen molar-refractivity contribution in [3.8, 4) is 5.75 Å². The summed E-state index contributed by atoms with van der Waals surface area (Å²) in [5, 5.41) is 9.31. The molecular formula is C14H12ClF3O3S. The van der Waals surface area contributed by atoms with E-state index < -0.39 is 23.8 Å². The van der Waals surface area contributed by atoms with Crippen LogP contribution in [-0.2, 0) is 4.79 Å². The van der Waals surface area contributed by atoms with E-state index in [4.69, 9.17) is 21.4 Å². The van der Waals surface area contributed by atoms with Crippen LogP contribution in [0.15, 0.2) is 22.6 Å². The minimum atomic E-state index is -4.81. The first-order valence-electron chi connectivity index (χ1n) is 6.38. The van der Waals surface area contributed by atoms with Gasteiger partial charge in [0.25, 0.3) is 0 Å². The van der Waals surface area contributed by atoms with Gasteiger partial charge in [-0.2, -0.15) is 13.2 Å². The summed E-state index contributed by atoms with van der Waals surface area (Å²) in [5.41, 5.74) is -0.631. The molecule has 1 aliphatic rings. The number of fused-ring (bicyclic) bond motifs is 1. The zero-order chi connectivity index (χ0) is 16.5. The van der Waals surface area contributed by atoms with Crippen LogP contribution in [0.25, 0.3) is 6.08 Å². The van der Waals surface area contributed by atoms with E-state index in [-0.39, 0.29) is 11.3 Å². The monoisotopic (exact) mass is 352 g/mol. The third kappa shape index (κ3) is 3.52. The molecule has 0 saturated heterocycles. The second-order valence-electron chi connectivity index (χ2n) is 4.61. The van der Waals surface area contributed by atoms with Gasteiger partial charge in [0, 0.05) is 10.5 Å². The molecule has 120 valence electrons. The maximum Gasteiger partial charge on any atom is 0.430 e. The molecule has 0 spiro atoms. The number of benzene rings is 1. The highest BCUT2D eigenvalue weighted by atomic mass is 35.5. The van der Waals surface area contributed by atoms with Crippen molar-refractivity contribution in [1.29, 1.82) is 0 Å². The van der Waals surface area contributed by atoms with Gasteiger partial charge in [-0.3, -0.25) is 0 Å². The summed E-state index contributed by atoms with van der Waals surface area (Å²) in [4.78, 5) is 11.6. The lowest BCUT2D eigenvalue weighted by atomic mass is 10.0. The molecule has 1 N–H and O–H groups in total. The number of aliphatic carboxylic acids is 1. The summed E-state index contributed by atoms with van der Waals surface area (Å²) in [6.07, 6.45) is -5.45. The average Bonchev–Trinajstić information content (AvgIpc) is 2.42. The molecule has 1 heterocycles. The Kier molecular flexibility index (Phi) is 4.97. The Morgan fingerprint density at radius 1 is 1.45 bits per heavy atom. The Bertz CT molecular complexity index is 628. The van der Waals surface area contributed by atoms with E-state index in [1.165, 1.54) is 23.9 Å². The van der Waals surface area contributed by atoms with E-state index in [1.807, 2.05) is 6.92 Å². The summed E-state index contributed by atoms with van der Waals surface area (Å²) < 4.78 is 43.8. The summed E-state index contributed by atoms with van der Waals surface area (Å²) in [6.45, 7) is 1.97. The Balaban J connectivity index is 2.46. The topological polar surface area (TPSA) is 46.5 Å². The lowest BCUT2D eigenvalue weighted by molar-refractivity contribution is -0.187. The molecule has 8 heteroatoms. The highest BCUT2D eigenvalue weighted by Crippen LogP contribution is 2.41. The number of carboxylic acids is 1. The van der Waals surface area contributed by atoms with E-state index >= 15 is 0 Å². The molecule has 3 nitrogen and oxygen atoms in total. The molecule has 0 fully saturated rings. The maximum absolute atomic E-state index is 13.0. The van der Waals surface area contributed by atoms with Crippen LogP contribution in [0.2, 0.25) is 5.02 Å². The van der Waals surface area contributed by atoms with Gasteiger partial charge in [-0.05, 0) is 30.4 Å². The van der Waals surface area contributed by atoms with Gasteiger partial charge in [0.2, 0.25) is 6.10 Å². The second kappa shape index (κ2) is 6.42. The van der Waals surface area contributed by atoms with E-state index in [2.05, 4.69) is 0 Å². The smallest absolute Gasteiger partial charge is 0.430 e. The van der Waals surface area contributed by atoms with Gasteiger partial charge in [0.15, 0.2) is 0 Å². The fourth-order valence-electron chi connectivity index (χ4n) is 1.94. The zero-order valence-corrected chi connectivity index (χ0v) is 13.0. The number of halogens is 4. The molecule has 1 aliphatic heterocycles. The van der Waals surface area contributed by atoms with Crippen LogP contribution < -0.4 is 4.74 Å². The average molecular weight is 353 g/mol. The van der Waals surface area contributed by atoms with Gasteiger partial charge in [-0.15, -0.1) is 11.8 Å². The maximum atomic E-state index is 13.0. The van der Waals surface area contributed by atoms with Crippen molar-refractivity contribution in [1.82, 2.24) is 0 Å². The van der Waals surface area contributed by atoms with Crippen molar-refractivity contribution in [2.24, 2.45) is 0 Å². The van der Waals surface area contributed by atoms with Crippen LogP contribution in [-0.4, -0.2) is 29.1 Å². The van der Waals surface area contributed by atoms with Crippen molar-refractivity contribution >= 4 is 35.4 Å². The number of carboxylic acid groups (broad SMARTS) is 1. The molecule has 0 aromatic heterocycles. The minimum Gasteiger partial charge on any atom is -0.478 e. The molecule has 1 aromatic rings. The van der Waals surface area contributed by atoms with Crippen molar-refractivity contribution in [2.75, 3.05) is 5.75 Å². The first-order valence-corrected chi connectivity index (χ1v) is 7.75. The number of rotatable bonds is 4. The summed E-state index contributed by atoms with van der Waals surface area (Å²) >= 11 is 7.48. The number of alkyl halides is 3. The molecule has 2 rings (SSSR count). The van der Waals surface area contributed by atoms with Crippen molar-refractivity contribution in [3.05, 3.63) is 28.3 Å². The van der Waals surface area contributed by atoms with E-state index in [1.54, 1.807) is 0 Å². The van der Waals surface area contributed by atoms with E-state index in [9.17, 15) is 18.0 Å². The second-order valence-corrected chi connectivity index (χ2v) is 6.16. The molecule has 1 atom stereocenters. The molecule has 22 heavy (non-hydrogen) atoms. The molecule has 0 bridgehead atoms. The first-order chi connectivity index (χ1) is 10.2. The summed E-state index contributed by atoms with van der Waals surface area (Å²) in [5.74, 6) is -0.930.